The van der Waals surface area contributed by atoms with Gasteiger partial charge in [-0.05, 0) is 79.6 Å². The highest BCUT2D eigenvalue weighted by Gasteiger charge is 2.27. The quantitative estimate of drug-likeness (QED) is 0.489. The first-order chi connectivity index (χ1) is 17.2. The van der Waals surface area contributed by atoms with E-state index in [2.05, 4.69) is 4.72 Å². The van der Waals surface area contributed by atoms with Crippen LogP contribution < -0.4 is 14.4 Å². The second-order valence-corrected chi connectivity index (χ2v) is 11.1. The van der Waals surface area contributed by atoms with Crippen LogP contribution in [-0.2, 0) is 26.0 Å². The van der Waals surface area contributed by atoms with Crippen LogP contribution in [0.4, 0.5) is 10.1 Å². The SMILES string of the molecule is CC(=O)N1CCc2cc(S(=O)(=O)NCCCC(=O)N3CCC(CCOc4ccc(F)cc4)C3)ccc21. The zero-order chi connectivity index (χ0) is 25.7. The Kier molecular flexibility index (Phi) is 8.25. The Morgan fingerprint density at radius 3 is 2.67 bits per heavy atom. The number of ether oxygens (including phenoxy) is 1. The van der Waals surface area contributed by atoms with Crippen molar-refractivity contribution in [2.75, 3.05) is 37.7 Å². The van der Waals surface area contributed by atoms with E-state index in [4.69, 9.17) is 4.74 Å². The molecule has 2 aromatic carbocycles. The van der Waals surface area contributed by atoms with Gasteiger partial charge in [0, 0.05) is 45.2 Å². The van der Waals surface area contributed by atoms with E-state index in [-0.39, 0.29) is 35.5 Å². The molecule has 0 aromatic heterocycles. The summed E-state index contributed by atoms with van der Waals surface area (Å²) in [4.78, 5) is 27.9. The van der Waals surface area contributed by atoms with Crippen LogP contribution in [-0.4, -0.2) is 57.9 Å². The Morgan fingerprint density at radius 1 is 1.14 bits per heavy atom. The minimum Gasteiger partial charge on any atom is -0.494 e. The maximum atomic E-state index is 13.0. The van der Waals surface area contributed by atoms with E-state index in [9.17, 15) is 22.4 Å². The highest BCUT2D eigenvalue weighted by Crippen LogP contribution is 2.30. The zero-order valence-corrected chi connectivity index (χ0v) is 21.2. The number of benzene rings is 2. The van der Waals surface area contributed by atoms with Crippen LogP contribution in [0, 0.1) is 11.7 Å². The van der Waals surface area contributed by atoms with Gasteiger partial charge < -0.3 is 14.5 Å². The number of halogens is 1. The molecule has 1 N–H and O–H groups in total. The van der Waals surface area contributed by atoms with Gasteiger partial charge in [0.15, 0.2) is 0 Å². The van der Waals surface area contributed by atoms with E-state index < -0.39 is 10.0 Å². The van der Waals surface area contributed by atoms with Crippen LogP contribution in [0.5, 0.6) is 5.75 Å². The number of carbonyl (C=O) groups excluding carboxylic acids is 2. The van der Waals surface area contributed by atoms with Crippen LogP contribution in [0.15, 0.2) is 47.4 Å². The molecule has 0 bridgehead atoms. The third kappa shape index (κ3) is 6.41. The Hall–Kier alpha value is -2.98. The summed E-state index contributed by atoms with van der Waals surface area (Å²) in [5.74, 6) is 0.646. The van der Waals surface area contributed by atoms with Gasteiger partial charge in [0.05, 0.1) is 11.5 Å². The summed E-state index contributed by atoms with van der Waals surface area (Å²) in [6.45, 7) is 4.10. The molecule has 0 saturated carbocycles. The molecule has 1 atom stereocenters. The molecule has 2 amide bonds. The molecule has 0 spiro atoms. The highest BCUT2D eigenvalue weighted by molar-refractivity contribution is 7.89. The summed E-state index contributed by atoms with van der Waals surface area (Å²) in [6, 6.07) is 10.7. The fourth-order valence-electron chi connectivity index (χ4n) is 4.73. The summed E-state index contributed by atoms with van der Waals surface area (Å²) in [6.07, 6.45) is 3.04. The Morgan fingerprint density at radius 2 is 1.92 bits per heavy atom. The van der Waals surface area contributed by atoms with Crippen LogP contribution in [0.3, 0.4) is 0 Å². The van der Waals surface area contributed by atoms with Crippen molar-refractivity contribution >= 4 is 27.5 Å². The Labute approximate surface area is 211 Å². The first kappa shape index (κ1) is 26.1. The van der Waals surface area contributed by atoms with Crippen molar-refractivity contribution in [2.24, 2.45) is 5.92 Å². The Bertz CT molecular complexity index is 1200. The van der Waals surface area contributed by atoms with Crippen LogP contribution in [0.1, 0.15) is 38.2 Å². The number of anilines is 1. The highest BCUT2D eigenvalue weighted by atomic mass is 32.2. The van der Waals surface area contributed by atoms with Crippen molar-refractivity contribution in [2.45, 2.75) is 43.9 Å². The number of likely N-dealkylation sites (tertiary alicyclic amines) is 1. The molecule has 0 radical (unpaired) electrons. The lowest BCUT2D eigenvalue weighted by Gasteiger charge is -2.17. The van der Waals surface area contributed by atoms with E-state index in [1.54, 1.807) is 29.2 Å². The zero-order valence-electron chi connectivity index (χ0n) is 20.4. The average molecular weight is 518 g/mol. The molecule has 194 valence electrons. The molecule has 0 aliphatic carbocycles. The lowest BCUT2D eigenvalue weighted by Crippen LogP contribution is -2.30. The van der Waals surface area contributed by atoms with E-state index in [1.807, 2.05) is 4.90 Å². The topological polar surface area (TPSA) is 96.0 Å². The molecule has 2 heterocycles. The third-order valence-corrected chi connectivity index (χ3v) is 8.20. The maximum Gasteiger partial charge on any atom is 0.240 e. The summed E-state index contributed by atoms with van der Waals surface area (Å²) in [7, 11) is -3.69. The standard InChI is InChI=1S/C26H32FN3O5S/c1-19(31)30-15-11-21-17-24(8-9-25(21)30)36(33,34)28-13-2-3-26(32)29-14-10-20(18-29)12-16-35-23-6-4-22(27)5-7-23/h4-9,17,20,28H,2-3,10-16,18H2,1H3. The Balaban J connectivity index is 1.16. The number of rotatable bonds is 10. The minimum absolute atomic E-state index is 0.0259. The van der Waals surface area contributed by atoms with Gasteiger partial charge in [-0.2, -0.15) is 0 Å². The summed E-state index contributed by atoms with van der Waals surface area (Å²) in [5.41, 5.74) is 1.60. The number of carbonyl (C=O) groups is 2. The van der Waals surface area contributed by atoms with Crippen LogP contribution in [0.2, 0.25) is 0 Å². The number of hydrogen-bond donors (Lipinski definition) is 1. The molecule has 2 aliphatic rings. The smallest absolute Gasteiger partial charge is 0.240 e. The lowest BCUT2D eigenvalue weighted by molar-refractivity contribution is -0.130. The van der Waals surface area contributed by atoms with Gasteiger partial charge >= 0.3 is 0 Å². The van der Waals surface area contributed by atoms with Crippen LogP contribution in [0.25, 0.3) is 0 Å². The number of nitrogens with one attached hydrogen (secondary N) is 1. The van der Waals surface area contributed by atoms with Gasteiger partial charge in [-0.25, -0.2) is 17.5 Å². The fraction of sp³-hybridized carbons (Fsp3) is 0.462. The van der Waals surface area contributed by atoms with Gasteiger partial charge in [0.25, 0.3) is 0 Å². The maximum absolute atomic E-state index is 13.0. The van der Waals surface area contributed by atoms with Crippen molar-refractivity contribution in [3.63, 3.8) is 0 Å². The first-order valence-corrected chi connectivity index (χ1v) is 13.8. The third-order valence-electron chi connectivity index (χ3n) is 6.74. The molecule has 4 rings (SSSR count). The van der Waals surface area contributed by atoms with E-state index in [1.165, 1.54) is 25.1 Å². The van der Waals surface area contributed by atoms with Gasteiger partial charge in [-0.15, -0.1) is 0 Å². The van der Waals surface area contributed by atoms with E-state index in [0.717, 1.165) is 24.1 Å². The number of fused-ring (bicyclic) bond motifs is 1. The second kappa shape index (κ2) is 11.4. The first-order valence-electron chi connectivity index (χ1n) is 12.3. The van der Waals surface area contributed by atoms with Gasteiger partial charge in [0.2, 0.25) is 21.8 Å². The summed E-state index contributed by atoms with van der Waals surface area (Å²) >= 11 is 0. The molecule has 1 fully saturated rings. The normalized spacial score (nSPS) is 17.3. The summed E-state index contributed by atoms with van der Waals surface area (Å²) < 4.78 is 46.6. The van der Waals surface area contributed by atoms with Crippen molar-refractivity contribution in [3.8, 4) is 5.75 Å². The predicted octanol–water partition coefficient (Wildman–Crippen LogP) is 3.11. The minimum atomic E-state index is -3.69. The predicted molar refractivity (Wildman–Crippen MR) is 134 cm³/mol. The molecular weight excluding hydrogens is 485 g/mol. The number of sulfonamides is 1. The number of hydrogen-bond acceptors (Lipinski definition) is 5. The molecule has 8 nitrogen and oxygen atoms in total. The molecule has 2 aliphatic heterocycles. The molecule has 2 aromatic rings. The monoisotopic (exact) mass is 517 g/mol. The molecule has 1 saturated heterocycles. The molecule has 1 unspecified atom stereocenters. The number of nitrogens with zero attached hydrogens (tertiary/aromatic N) is 2. The van der Waals surface area contributed by atoms with Gasteiger partial charge in [0.1, 0.15) is 11.6 Å². The van der Waals surface area contributed by atoms with Gasteiger partial charge in [-0.1, -0.05) is 0 Å². The van der Waals surface area contributed by atoms with Gasteiger partial charge in [-0.3, -0.25) is 9.59 Å². The van der Waals surface area contributed by atoms with Crippen molar-refractivity contribution in [1.82, 2.24) is 9.62 Å². The molecule has 10 heteroatoms. The van der Waals surface area contributed by atoms with Crippen molar-refractivity contribution in [1.29, 1.82) is 0 Å². The lowest BCUT2D eigenvalue weighted by atomic mass is 10.1. The van der Waals surface area contributed by atoms with E-state index in [0.29, 0.717) is 50.8 Å². The summed E-state index contributed by atoms with van der Waals surface area (Å²) in [5, 5.41) is 0. The van der Waals surface area contributed by atoms with E-state index >= 15 is 0 Å². The van der Waals surface area contributed by atoms with Crippen LogP contribution >= 0.6 is 0 Å². The van der Waals surface area contributed by atoms with Crippen molar-refractivity contribution in [3.05, 3.63) is 53.8 Å². The fourth-order valence-corrected chi connectivity index (χ4v) is 5.85. The average Bonchev–Trinajstić information content (AvgIpc) is 3.50. The second-order valence-electron chi connectivity index (χ2n) is 9.30. The van der Waals surface area contributed by atoms with Crippen molar-refractivity contribution < 1.29 is 27.1 Å². The molecular formula is C26H32FN3O5S. The number of amides is 2. The molecule has 36 heavy (non-hydrogen) atoms. The largest absolute Gasteiger partial charge is 0.494 e.